The first-order chi connectivity index (χ1) is 9.95. The van der Waals surface area contributed by atoms with Gasteiger partial charge in [0.15, 0.2) is 0 Å². The summed E-state index contributed by atoms with van der Waals surface area (Å²) in [5.41, 5.74) is 7.24. The zero-order valence-corrected chi connectivity index (χ0v) is 12.7. The van der Waals surface area contributed by atoms with Crippen LogP contribution in [0.5, 0.6) is 0 Å². The third-order valence-electron chi connectivity index (χ3n) is 2.83. The minimum atomic E-state index is -0.423. The molecule has 0 bridgehead atoms. The van der Waals surface area contributed by atoms with Gasteiger partial charge in [-0.25, -0.2) is 4.39 Å². The molecule has 0 unspecified atom stereocenters. The fraction of sp³-hybridized carbons (Fsp3) is 0.286. The molecule has 0 spiro atoms. The normalized spacial score (nSPS) is 10.6. The Hall–Kier alpha value is -2.02. The van der Waals surface area contributed by atoms with Crippen molar-refractivity contribution in [1.82, 2.24) is 9.78 Å². The average Bonchev–Trinajstić information content (AvgIpc) is 2.71. The molecule has 2 rings (SSSR count). The van der Waals surface area contributed by atoms with Gasteiger partial charge in [0.2, 0.25) is 5.91 Å². The fourth-order valence-electron chi connectivity index (χ4n) is 1.83. The molecule has 112 valence electrons. The van der Waals surface area contributed by atoms with E-state index >= 15 is 0 Å². The molecule has 0 atom stereocenters. The number of nitrogens with one attached hydrogen (secondary N) is 1. The van der Waals surface area contributed by atoms with Crippen LogP contribution in [0.1, 0.15) is 12.1 Å². The molecule has 1 heterocycles. The zero-order chi connectivity index (χ0) is 15.4. The third-order valence-corrected chi connectivity index (χ3v) is 3.91. The molecule has 0 radical (unpaired) electrons. The summed E-state index contributed by atoms with van der Waals surface area (Å²) in [4.78, 5) is 11.8. The predicted octanol–water partition coefficient (Wildman–Crippen LogP) is 2.57. The van der Waals surface area contributed by atoms with E-state index in [9.17, 15) is 9.18 Å². The summed E-state index contributed by atoms with van der Waals surface area (Å²) in [7, 11) is 1.87. The molecule has 0 aliphatic rings. The van der Waals surface area contributed by atoms with Gasteiger partial charge in [-0.3, -0.25) is 9.48 Å². The number of benzene rings is 1. The van der Waals surface area contributed by atoms with Crippen LogP contribution in [0.2, 0.25) is 0 Å². The number of hydrogen-bond donors (Lipinski definition) is 2. The number of nitrogens with zero attached hydrogens (tertiary/aromatic N) is 2. The number of hydrogen-bond acceptors (Lipinski definition) is 4. The number of rotatable bonds is 5. The first-order valence-electron chi connectivity index (χ1n) is 6.44. The van der Waals surface area contributed by atoms with Gasteiger partial charge in [-0.05, 0) is 31.2 Å². The van der Waals surface area contributed by atoms with Crippen LogP contribution in [-0.4, -0.2) is 21.4 Å². The number of anilines is 2. The van der Waals surface area contributed by atoms with Gasteiger partial charge in [0, 0.05) is 19.2 Å². The Bertz CT molecular complexity index is 656. The zero-order valence-electron chi connectivity index (χ0n) is 11.9. The molecule has 0 saturated heterocycles. The van der Waals surface area contributed by atoms with Gasteiger partial charge < -0.3 is 11.1 Å². The molecule has 3 N–H and O–H groups in total. The monoisotopic (exact) mass is 308 g/mol. The predicted molar refractivity (Wildman–Crippen MR) is 82.7 cm³/mol. The smallest absolute Gasteiger partial charge is 0.225 e. The van der Waals surface area contributed by atoms with Crippen molar-refractivity contribution >= 4 is 29.0 Å². The lowest BCUT2D eigenvalue weighted by molar-refractivity contribution is -0.115. The minimum absolute atomic E-state index is 0.153. The van der Waals surface area contributed by atoms with Gasteiger partial charge in [-0.1, -0.05) is 0 Å². The summed E-state index contributed by atoms with van der Waals surface area (Å²) in [5.74, 6) is 0.0543. The second-order valence-electron chi connectivity index (χ2n) is 4.63. The maximum absolute atomic E-state index is 12.9. The molecule has 5 nitrogen and oxygen atoms in total. The van der Waals surface area contributed by atoms with Gasteiger partial charge in [-0.2, -0.15) is 5.10 Å². The van der Waals surface area contributed by atoms with Crippen LogP contribution < -0.4 is 11.1 Å². The van der Waals surface area contributed by atoms with Crippen LogP contribution in [0, 0.1) is 12.7 Å². The van der Waals surface area contributed by atoms with E-state index in [-0.39, 0.29) is 11.6 Å². The highest BCUT2D eigenvalue weighted by molar-refractivity contribution is 7.99. The van der Waals surface area contributed by atoms with Crippen LogP contribution in [0.15, 0.2) is 29.3 Å². The maximum atomic E-state index is 12.9. The van der Waals surface area contributed by atoms with Gasteiger partial charge in [-0.15, -0.1) is 11.8 Å². The minimum Gasteiger partial charge on any atom is -0.397 e. The summed E-state index contributed by atoms with van der Waals surface area (Å²) >= 11 is 1.56. The molecule has 0 saturated carbocycles. The van der Waals surface area contributed by atoms with E-state index < -0.39 is 5.82 Å². The Balaban J connectivity index is 1.83. The quantitative estimate of drug-likeness (QED) is 0.658. The van der Waals surface area contributed by atoms with Crippen molar-refractivity contribution in [2.45, 2.75) is 18.4 Å². The maximum Gasteiger partial charge on any atom is 0.225 e. The molecule has 0 aliphatic heterocycles. The number of aromatic nitrogens is 2. The van der Waals surface area contributed by atoms with Crippen LogP contribution in [-0.2, 0) is 11.8 Å². The second kappa shape index (κ2) is 6.62. The third kappa shape index (κ3) is 4.22. The Labute approximate surface area is 126 Å². The fourth-order valence-corrected chi connectivity index (χ4v) is 2.81. The largest absolute Gasteiger partial charge is 0.397 e. The number of aryl methyl sites for hydroxylation is 2. The summed E-state index contributed by atoms with van der Waals surface area (Å²) in [6, 6.07) is 5.88. The molecular weight excluding hydrogens is 291 g/mol. The van der Waals surface area contributed by atoms with Gasteiger partial charge >= 0.3 is 0 Å². The number of carbonyl (C=O) groups excluding carboxylic acids is 1. The number of nitrogen functional groups attached to an aromatic ring is 1. The van der Waals surface area contributed by atoms with Gasteiger partial charge in [0.1, 0.15) is 5.82 Å². The molecule has 1 aromatic heterocycles. The van der Waals surface area contributed by atoms with Crippen LogP contribution in [0.4, 0.5) is 15.8 Å². The lowest BCUT2D eigenvalue weighted by Gasteiger charge is -2.08. The van der Waals surface area contributed by atoms with Crippen LogP contribution in [0.25, 0.3) is 0 Å². The van der Waals surface area contributed by atoms with E-state index in [0.717, 1.165) is 10.7 Å². The lowest BCUT2D eigenvalue weighted by Crippen LogP contribution is -2.13. The number of nitrogens with two attached hydrogens (primary N) is 1. The van der Waals surface area contributed by atoms with E-state index in [1.165, 1.54) is 18.2 Å². The van der Waals surface area contributed by atoms with E-state index in [2.05, 4.69) is 10.4 Å². The molecule has 21 heavy (non-hydrogen) atoms. The van der Waals surface area contributed by atoms with Crippen molar-refractivity contribution in [2.75, 3.05) is 16.8 Å². The van der Waals surface area contributed by atoms with Crippen molar-refractivity contribution < 1.29 is 9.18 Å². The topological polar surface area (TPSA) is 72.9 Å². The van der Waals surface area contributed by atoms with E-state index in [0.29, 0.717) is 17.9 Å². The Morgan fingerprint density at radius 1 is 1.48 bits per heavy atom. The first-order valence-corrected chi connectivity index (χ1v) is 7.42. The average molecular weight is 308 g/mol. The summed E-state index contributed by atoms with van der Waals surface area (Å²) in [6.45, 7) is 1.92. The highest BCUT2D eigenvalue weighted by Crippen LogP contribution is 2.21. The number of carbonyl (C=O) groups is 1. The molecular formula is C14H17FN4OS. The molecule has 7 heteroatoms. The van der Waals surface area contributed by atoms with Crippen molar-refractivity contribution in [3.63, 3.8) is 0 Å². The van der Waals surface area contributed by atoms with Crippen LogP contribution >= 0.6 is 11.8 Å². The van der Waals surface area contributed by atoms with Crippen molar-refractivity contribution in [2.24, 2.45) is 7.05 Å². The highest BCUT2D eigenvalue weighted by atomic mass is 32.2. The summed E-state index contributed by atoms with van der Waals surface area (Å²) in [6.07, 6.45) is 0.339. The number of halogens is 1. The van der Waals surface area contributed by atoms with E-state index in [1.807, 2.05) is 20.0 Å². The van der Waals surface area contributed by atoms with Crippen molar-refractivity contribution in [3.8, 4) is 0 Å². The number of amides is 1. The van der Waals surface area contributed by atoms with Crippen molar-refractivity contribution in [1.29, 1.82) is 0 Å². The molecule has 2 aromatic rings. The Morgan fingerprint density at radius 2 is 2.24 bits per heavy atom. The first kappa shape index (κ1) is 15.4. The molecule has 1 amide bonds. The Morgan fingerprint density at radius 3 is 2.86 bits per heavy atom. The Kier molecular flexibility index (Phi) is 4.85. The summed E-state index contributed by atoms with van der Waals surface area (Å²) in [5, 5.41) is 7.93. The summed E-state index contributed by atoms with van der Waals surface area (Å²) < 4.78 is 14.7. The highest BCUT2D eigenvalue weighted by Gasteiger charge is 2.08. The number of thioether (sulfide) groups is 1. The van der Waals surface area contributed by atoms with Gasteiger partial charge in [0.25, 0.3) is 0 Å². The van der Waals surface area contributed by atoms with Crippen molar-refractivity contribution in [3.05, 3.63) is 35.8 Å². The molecule has 0 aliphatic carbocycles. The van der Waals surface area contributed by atoms with Crippen LogP contribution in [0.3, 0.4) is 0 Å². The standard InChI is InChI=1S/C14H17FN4OS/c1-9-7-14(19(2)18-9)21-6-5-13(20)17-12-4-3-10(15)8-11(12)16/h3-4,7-8H,5-6,16H2,1-2H3,(H,17,20). The molecule has 0 fully saturated rings. The van der Waals surface area contributed by atoms with E-state index in [4.69, 9.17) is 5.73 Å². The van der Waals surface area contributed by atoms with Gasteiger partial charge in [0.05, 0.1) is 22.1 Å². The molecule has 1 aromatic carbocycles. The van der Waals surface area contributed by atoms with E-state index in [1.54, 1.807) is 16.4 Å². The second-order valence-corrected chi connectivity index (χ2v) is 5.74. The lowest BCUT2D eigenvalue weighted by atomic mass is 10.2. The SMILES string of the molecule is Cc1cc(SCCC(=O)Nc2ccc(F)cc2N)n(C)n1.